The molecule has 17 heavy (non-hydrogen) atoms. The molecule has 88 valence electrons. The standard InChI is InChI=1S/C12H9Br2ClN2/c1-7-9(14)3-2-4-11(7)17-12-10(15)5-8(13)6-16-12/h2-6H,1H3,(H,16,17). The third-order valence-corrected chi connectivity index (χ3v) is 3.91. The summed E-state index contributed by atoms with van der Waals surface area (Å²) in [5.41, 5.74) is 2.10. The van der Waals surface area contributed by atoms with E-state index in [0.29, 0.717) is 10.8 Å². The van der Waals surface area contributed by atoms with Gasteiger partial charge in [0.05, 0.1) is 5.02 Å². The maximum atomic E-state index is 6.10. The number of anilines is 2. The van der Waals surface area contributed by atoms with Gasteiger partial charge in [-0.05, 0) is 46.6 Å². The Labute approximate surface area is 122 Å². The lowest BCUT2D eigenvalue weighted by Gasteiger charge is -2.11. The molecule has 1 N–H and O–H groups in total. The van der Waals surface area contributed by atoms with Gasteiger partial charge in [-0.2, -0.15) is 0 Å². The Morgan fingerprint density at radius 2 is 2.06 bits per heavy atom. The van der Waals surface area contributed by atoms with Crippen LogP contribution in [-0.4, -0.2) is 4.98 Å². The first-order chi connectivity index (χ1) is 8.08. The summed E-state index contributed by atoms with van der Waals surface area (Å²) in [5, 5.41) is 3.80. The Bertz CT molecular complexity index is 558. The number of hydrogen-bond donors (Lipinski definition) is 1. The van der Waals surface area contributed by atoms with Gasteiger partial charge in [-0.1, -0.05) is 33.6 Å². The van der Waals surface area contributed by atoms with E-state index in [0.717, 1.165) is 20.2 Å². The van der Waals surface area contributed by atoms with Gasteiger partial charge >= 0.3 is 0 Å². The van der Waals surface area contributed by atoms with E-state index in [9.17, 15) is 0 Å². The summed E-state index contributed by atoms with van der Waals surface area (Å²) in [6, 6.07) is 7.76. The van der Waals surface area contributed by atoms with Crippen LogP contribution < -0.4 is 5.32 Å². The van der Waals surface area contributed by atoms with Crippen LogP contribution in [0, 0.1) is 6.92 Å². The third-order valence-electron chi connectivity index (χ3n) is 2.33. The van der Waals surface area contributed by atoms with E-state index >= 15 is 0 Å². The Kier molecular flexibility index (Phi) is 4.07. The van der Waals surface area contributed by atoms with Crippen LogP contribution in [0.5, 0.6) is 0 Å². The number of rotatable bonds is 2. The lowest BCUT2D eigenvalue weighted by atomic mass is 10.2. The van der Waals surface area contributed by atoms with Gasteiger partial charge in [0.1, 0.15) is 5.82 Å². The molecule has 0 amide bonds. The number of nitrogens with zero attached hydrogens (tertiary/aromatic N) is 1. The quantitative estimate of drug-likeness (QED) is 0.768. The predicted octanol–water partition coefficient (Wildman–Crippen LogP) is 5.31. The minimum Gasteiger partial charge on any atom is -0.339 e. The SMILES string of the molecule is Cc1c(Br)cccc1Nc1ncc(Br)cc1Cl. The summed E-state index contributed by atoms with van der Waals surface area (Å²) in [4.78, 5) is 4.24. The van der Waals surface area contributed by atoms with Gasteiger partial charge in [0.25, 0.3) is 0 Å². The van der Waals surface area contributed by atoms with Crippen molar-refractivity contribution < 1.29 is 0 Å². The van der Waals surface area contributed by atoms with Gasteiger partial charge in [0.15, 0.2) is 0 Å². The average Bonchev–Trinajstić information content (AvgIpc) is 2.28. The average molecular weight is 376 g/mol. The van der Waals surface area contributed by atoms with E-state index in [1.165, 1.54) is 0 Å². The fourth-order valence-corrected chi connectivity index (χ4v) is 2.42. The molecule has 0 radical (unpaired) electrons. The number of aromatic nitrogens is 1. The van der Waals surface area contributed by atoms with Crippen molar-refractivity contribution in [1.82, 2.24) is 4.98 Å². The molecule has 0 atom stereocenters. The topological polar surface area (TPSA) is 24.9 Å². The molecule has 1 heterocycles. The van der Waals surface area contributed by atoms with Crippen LogP contribution >= 0.6 is 43.5 Å². The maximum Gasteiger partial charge on any atom is 0.149 e. The Morgan fingerprint density at radius 1 is 1.29 bits per heavy atom. The summed E-state index contributed by atoms with van der Waals surface area (Å²) in [5.74, 6) is 0.649. The first kappa shape index (κ1) is 12.9. The smallest absolute Gasteiger partial charge is 0.149 e. The molecular formula is C12H9Br2ClN2. The molecular weight excluding hydrogens is 367 g/mol. The second-order valence-corrected chi connectivity index (χ2v) is 5.70. The molecule has 5 heteroatoms. The maximum absolute atomic E-state index is 6.10. The first-order valence-corrected chi connectivity index (χ1v) is 6.87. The molecule has 0 aliphatic rings. The molecule has 0 spiro atoms. The van der Waals surface area contributed by atoms with Crippen LogP contribution in [0.2, 0.25) is 5.02 Å². The van der Waals surface area contributed by atoms with E-state index in [2.05, 4.69) is 42.2 Å². The van der Waals surface area contributed by atoms with Crippen molar-refractivity contribution in [2.45, 2.75) is 6.92 Å². The second-order valence-electron chi connectivity index (χ2n) is 3.52. The summed E-state index contributed by atoms with van der Waals surface area (Å²) >= 11 is 12.9. The van der Waals surface area contributed by atoms with Crippen molar-refractivity contribution in [3.63, 3.8) is 0 Å². The Hall–Kier alpha value is -0.580. The number of pyridine rings is 1. The Morgan fingerprint density at radius 3 is 2.76 bits per heavy atom. The Balaban J connectivity index is 2.35. The zero-order chi connectivity index (χ0) is 12.4. The summed E-state index contributed by atoms with van der Waals surface area (Å²) in [6.07, 6.45) is 1.71. The summed E-state index contributed by atoms with van der Waals surface area (Å²) < 4.78 is 1.91. The van der Waals surface area contributed by atoms with Gasteiger partial charge in [-0.3, -0.25) is 0 Å². The van der Waals surface area contributed by atoms with Gasteiger partial charge in [0, 0.05) is 20.8 Å². The molecule has 0 aliphatic carbocycles. The van der Waals surface area contributed by atoms with Crippen LogP contribution in [0.25, 0.3) is 0 Å². The normalized spacial score (nSPS) is 10.4. The van der Waals surface area contributed by atoms with Gasteiger partial charge in [-0.25, -0.2) is 4.98 Å². The fraction of sp³-hybridized carbons (Fsp3) is 0.0833. The van der Waals surface area contributed by atoms with Crippen molar-refractivity contribution >= 4 is 55.0 Å². The summed E-state index contributed by atoms with van der Waals surface area (Å²) in [7, 11) is 0. The predicted molar refractivity (Wildman–Crippen MR) is 79.1 cm³/mol. The molecule has 2 nitrogen and oxygen atoms in total. The molecule has 0 saturated heterocycles. The molecule has 2 rings (SSSR count). The molecule has 0 aliphatic heterocycles. The van der Waals surface area contributed by atoms with Crippen LogP contribution in [-0.2, 0) is 0 Å². The highest BCUT2D eigenvalue weighted by molar-refractivity contribution is 9.10. The largest absolute Gasteiger partial charge is 0.339 e. The number of hydrogen-bond acceptors (Lipinski definition) is 2. The van der Waals surface area contributed by atoms with E-state index in [-0.39, 0.29) is 0 Å². The molecule has 1 aromatic carbocycles. The second kappa shape index (κ2) is 5.38. The molecule has 1 aromatic heterocycles. The van der Waals surface area contributed by atoms with E-state index in [4.69, 9.17) is 11.6 Å². The highest BCUT2D eigenvalue weighted by Crippen LogP contribution is 2.29. The van der Waals surface area contributed by atoms with E-state index in [1.54, 1.807) is 6.20 Å². The number of halogens is 3. The lowest BCUT2D eigenvalue weighted by molar-refractivity contribution is 1.28. The molecule has 2 aromatic rings. The van der Waals surface area contributed by atoms with E-state index < -0.39 is 0 Å². The molecule has 0 saturated carbocycles. The minimum absolute atomic E-state index is 0.582. The molecule has 0 fully saturated rings. The van der Waals surface area contributed by atoms with Crippen molar-refractivity contribution in [2.24, 2.45) is 0 Å². The zero-order valence-corrected chi connectivity index (χ0v) is 12.9. The van der Waals surface area contributed by atoms with Crippen LogP contribution in [0.3, 0.4) is 0 Å². The fourth-order valence-electron chi connectivity index (χ4n) is 1.38. The van der Waals surface area contributed by atoms with Crippen molar-refractivity contribution in [1.29, 1.82) is 0 Å². The van der Waals surface area contributed by atoms with Gasteiger partial charge in [0.2, 0.25) is 0 Å². The molecule has 0 bridgehead atoms. The lowest BCUT2D eigenvalue weighted by Crippen LogP contribution is -1.96. The first-order valence-electron chi connectivity index (χ1n) is 4.91. The number of benzene rings is 1. The highest BCUT2D eigenvalue weighted by atomic mass is 79.9. The summed E-state index contributed by atoms with van der Waals surface area (Å²) in [6.45, 7) is 2.03. The molecule has 0 unspecified atom stereocenters. The van der Waals surface area contributed by atoms with Crippen LogP contribution in [0.15, 0.2) is 39.4 Å². The van der Waals surface area contributed by atoms with Crippen molar-refractivity contribution in [3.05, 3.63) is 50.0 Å². The highest BCUT2D eigenvalue weighted by Gasteiger charge is 2.06. The third kappa shape index (κ3) is 3.00. The number of nitrogens with one attached hydrogen (secondary N) is 1. The van der Waals surface area contributed by atoms with E-state index in [1.807, 2.05) is 31.2 Å². The van der Waals surface area contributed by atoms with Crippen molar-refractivity contribution in [3.8, 4) is 0 Å². The van der Waals surface area contributed by atoms with Gasteiger partial charge < -0.3 is 5.32 Å². The van der Waals surface area contributed by atoms with Crippen LogP contribution in [0.1, 0.15) is 5.56 Å². The minimum atomic E-state index is 0.582. The van der Waals surface area contributed by atoms with Crippen LogP contribution in [0.4, 0.5) is 11.5 Å². The zero-order valence-electron chi connectivity index (χ0n) is 8.97. The monoisotopic (exact) mass is 374 g/mol. The van der Waals surface area contributed by atoms with Crippen molar-refractivity contribution in [2.75, 3.05) is 5.32 Å². The van der Waals surface area contributed by atoms with Gasteiger partial charge in [-0.15, -0.1) is 0 Å².